The summed E-state index contributed by atoms with van der Waals surface area (Å²) in [5.74, 6) is -0.186. The van der Waals surface area contributed by atoms with Crippen LogP contribution < -0.4 is 5.32 Å². The van der Waals surface area contributed by atoms with Crippen molar-refractivity contribution in [2.75, 3.05) is 0 Å². The van der Waals surface area contributed by atoms with E-state index in [1.54, 1.807) is 10.7 Å². The Hall–Kier alpha value is -2.44. The first-order valence-electron chi connectivity index (χ1n) is 8.29. The highest BCUT2D eigenvalue weighted by Gasteiger charge is 2.22. The van der Waals surface area contributed by atoms with Crippen molar-refractivity contribution in [2.24, 2.45) is 5.92 Å². The molecule has 0 bridgehead atoms. The fraction of sp³-hybridized carbons (Fsp3) is 0.500. The van der Waals surface area contributed by atoms with Gasteiger partial charge in [0.15, 0.2) is 0 Å². The van der Waals surface area contributed by atoms with Crippen LogP contribution in [0.5, 0.6) is 0 Å². The molecule has 136 valence electrons. The van der Waals surface area contributed by atoms with E-state index in [2.05, 4.69) is 15.4 Å². The maximum absolute atomic E-state index is 13.0. The molecule has 7 heteroatoms. The molecule has 2 aromatic rings. The number of aromatic nitrogens is 3. The number of alkyl carbamates (subject to hydrolysis) is 1. The fourth-order valence-corrected chi connectivity index (χ4v) is 2.21. The smallest absolute Gasteiger partial charge is 0.407 e. The molecule has 2 heterocycles. The first kappa shape index (κ1) is 18.9. The molecule has 1 N–H and O–H groups in total. The normalized spacial score (nSPS) is 12.9. The minimum Gasteiger partial charge on any atom is -0.444 e. The van der Waals surface area contributed by atoms with Crippen LogP contribution in [0.1, 0.15) is 34.6 Å². The minimum atomic E-state index is -0.543. The Morgan fingerprint density at radius 2 is 2.00 bits per heavy atom. The lowest BCUT2D eigenvalue weighted by atomic mass is 10.1. The second-order valence-electron chi connectivity index (χ2n) is 7.28. The van der Waals surface area contributed by atoms with E-state index < -0.39 is 11.7 Å². The molecule has 25 heavy (non-hydrogen) atoms. The van der Waals surface area contributed by atoms with Gasteiger partial charge in [-0.15, -0.1) is 0 Å². The van der Waals surface area contributed by atoms with Crippen LogP contribution in [-0.4, -0.2) is 32.5 Å². The first-order valence-corrected chi connectivity index (χ1v) is 8.29. The van der Waals surface area contributed by atoms with Gasteiger partial charge >= 0.3 is 6.09 Å². The number of ether oxygens (including phenoxy) is 1. The summed E-state index contributed by atoms with van der Waals surface area (Å²) in [5.41, 5.74) is 0.708. The summed E-state index contributed by atoms with van der Waals surface area (Å²) in [6, 6.07) is 4.61. The molecule has 0 aliphatic rings. The summed E-state index contributed by atoms with van der Waals surface area (Å²) in [6.07, 6.45) is 2.53. The van der Waals surface area contributed by atoms with Crippen LogP contribution in [0, 0.1) is 11.7 Å². The Kier molecular flexibility index (Phi) is 5.77. The lowest BCUT2D eigenvalue weighted by Crippen LogP contribution is -2.44. The molecule has 0 aliphatic heterocycles. The zero-order valence-corrected chi connectivity index (χ0v) is 15.3. The number of hydrogen-bond donors (Lipinski definition) is 1. The van der Waals surface area contributed by atoms with Crippen molar-refractivity contribution in [3.05, 3.63) is 36.4 Å². The second-order valence-corrected chi connectivity index (χ2v) is 7.28. The van der Waals surface area contributed by atoms with Crippen molar-refractivity contribution in [1.29, 1.82) is 0 Å². The zero-order valence-electron chi connectivity index (χ0n) is 15.3. The van der Waals surface area contributed by atoms with Gasteiger partial charge in [-0.3, -0.25) is 9.67 Å². The summed E-state index contributed by atoms with van der Waals surface area (Å²) in [5, 5.41) is 7.34. The first-order chi connectivity index (χ1) is 11.6. The van der Waals surface area contributed by atoms with Crippen LogP contribution in [0.2, 0.25) is 0 Å². The molecule has 0 unspecified atom stereocenters. The van der Waals surface area contributed by atoms with Gasteiger partial charge in [0.25, 0.3) is 0 Å². The molecule has 0 aliphatic carbocycles. The molecule has 1 amide bonds. The number of carbonyl (C=O) groups excluding carboxylic acids is 1. The van der Waals surface area contributed by atoms with E-state index in [9.17, 15) is 9.18 Å². The minimum absolute atomic E-state index is 0.135. The second kappa shape index (κ2) is 7.63. The zero-order chi connectivity index (χ0) is 18.6. The SMILES string of the molecule is CC(C)[C@@H](Cn1ccc(-c2ccc(F)cn2)n1)NC(=O)OC(C)(C)C. The van der Waals surface area contributed by atoms with Crippen LogP contribution in [0.4, 0.5) is 9.18 Å². The van der Waals surface area contributed by atoms with Crippen LogP contribution in [0.3, 0.4) is 0 Å². The standard InChI is InChI=1S/C18H25FN4O2/c1-12(2)16(21-17(24)25-18(3,4)5)11-23-9-8-15(22-23)14-7-6-13(19)10-20-14/h6-10,12,16H,11H2,1-5H3,(H,21,24)/t16-/m1/s1. The van der Waals surface area contributed by atoms with Crippen LogP contribution in [-0.2, 0) is 11.3 Å². The van der Waals surface area contributed by atoms with Crippen molar-refractivity contribution in [2.45, 2.75) is 52.8 Å². The molecule has 2 rings (SSSR count). The third-order valence-corrected chi connectivity index (χ3v) is 3.52. The third-order valence-electron chi connectivity index (χ3n) is 3.52. The van der Waals surface area contributed by atoms with Crippen LogP contribution >= 0.6 is 0 Å². The molecule has 1 atom stereocenters. The number of halogens is 1. The summed E-state index contributed by atoms with van der Waals surface area (Å²) >= 11 is 0. The Balaban J connectivity index is 2.05. The highest BCUT2D eigenvalue weighted by Crippen LogP contribution is 2.15. The van der Waals surface area contributed by atoms with Crippen molar-refractivity contribution >= 4 is 6.09 Å². The molecule has 6 nitrogen and oxygen atoms in total. The van der Waals surface area contributed by atoms with Gasteiger partial charge in [-0.25, -0.2) is 9.18 Å². The molecule has 2 aromatic heterocycles. The van der Waals surface area contributed by atoms with E-state index in [0.717, 1.165) is 6.20 Å². The Labute approximate surface area is 147 Å². The molecular weight excluding hydrogens is 323 g/mol. The number of amides is 1. The van der Waals surface area contributed by atoms with E-state index in [1.165, 1.54) is 6.07 Å². The number of nitrogens with zero attached hydrogens (tertiary/aromatic N) is 3. The molecular formula is C18H25FN4O2. The summed E-state index contributed by atoms with van der Waals surface area (Å²) < 4.78 is 20.0. The van der Waals surface area contributed by atoms with Crippen LogP contribution in [0.25, 0.3) is 11.4 Å². The van der Waals surface area contributed by atoms with E-state index in [4.69, 9.17) is 4.74 Å². The summed E-state index contributed by atoms with van der Waals surface area (Å²) in [6.45, 7) is 10.0. The van der Waals surface area contributed by atoms with E-state index in [0.29, 0.717) is 17.9 Å². The predicted octanol–water partition coefficient (Wildman–Crippen LogP) is 3.63. The highest BCUT2D eigenvalue weighted by molar-refractivity contribution is 5.68. The van der Waals surface area contributed by atoms with Crippen molar-refractivity contribution in [1.82, 2.24) is 20.1 Å². The molecule has 0 fully saturated rings. The van der Waals surface area contributed by atoms with Gasteiger partial charge in [-0.1, -0.05) is 13.8 Å². The van der Waals surface area contributed by atoms with Crippen LogP contribution in [0.15, 0.2) is 30.6 Å². The number of rotatable bonds is 5. The van der Waals surface area contributed by atoms with Gasteiger partial charge in [-0.2, -0.15) is 5.10 Å². The van der Waals surface area contributed by atoms with Gasteiger partial charge in [0.1, 0.15) is 17.1 Å². The van der Waals surface area contributed by atoms with Crippen molar-refractivity contribution in [3.8, 4) is 11.4 Å². The number of nitrogens with one attached hydrogen (secondary N) is 1. The molecule has 0 saturated carbocycles. The average Bonchev–Trinajstić information content (AvgIpc) is 2.94. The number of pyridine rings is 1. The van der Waals surface area contributed by atoms with Gasteiger partial charge in [-0.05, 0) is 44.9 Å². The maximum atomic E-state index is 13.0. The lowest BCUT2D eigenvalue weighted by molar-refractivity contribution is 0.0483. The summed E-state index contributed by atoms with van der Waals surface area (Å²) in [4.78, 5) is 16.0. The Morgan fingerprint density at radius 1 is 1.28 bits per heavy atom. The monoisotopic (exact) mass is 348 g/mol. The van der Waals surface area contributed by atoms with E-state index in [-0.39, 0.29) is 17.8 Å². The van der Waals surface area contributed by atoms with Gasteiger partial charge < -0.3 is 10.1 Å². The topological polar surface area (TPSA) is 69.0 Å². The van der Waals surface area contributed by atoms with E-state index >= 15 is 0 Å². The van der Waals surface area contributed by atoms with Gasteiger partial charge in [0.05, 0.1) is 24.5 Å². The quantitative estimate of drug-likeness (QED) is 0.896. The maximum Gasteiger partial charge on any atom is 0.407 e. The Bertz CT molecular complexity index is 705. The highest BCUT2D eigenvalue weighted by atomic mass is 19.1. The van der Waals surface area contributed by atoms with Gasteiger partial charge in [0.2, 0.25) is 0 Å². The van der Waals surface area contributed by atoms with E-state index in [1.807, 2.05) is 46.9 Å². The molecule has 0 spiro atoms. The summed E-state index contributed by atoms with van der Waals surface area (Å²) in [7, 11) is 0. The van der Waals surface area contributed by atoms with Gasteiger partial charge in [0, 0.05) is 6.20 Å². The average molecular weight is 348 g/mol. The fourth-order valence-electron chi connectivity index (χ4n) is 2.21. The third kappa shape index (κ3) is 5.85. The molecule has 0 radical (unpaired) electrons. The molecule has 0 aromatic carbocycles. The largest absolute Gasteiger partial charge is 0.444 e. The predicted molar refractivity (Wildman–Crippen MR) is 93.4 cm³/mol. The number of hydrogen-bond acceptors (Lipinski definition) is 4. The van der Waals surface area contributed by atoms with Crippen molar-refractivity contribution < 1.29 is 13.9 Å². The molecule has 0 saturated heterocycles. The lowest BCUT2D eigenvalue weighted by Gasteiger charge is -2.25. The number of carbonyl (C=O) groups is 1. The Morgan fingerprint density at radius 3 is 2.56 bits per heavy atom. The van der Waals surface area contributed by atoms with Crippen molar-refractivity contribution in [3.63, 3.8) is 0 Å².